The molecule has 0 unspecified atom stereocenters. The molecule has 0 aliphatic rings. The molecule has 0 heterocycles. The van der Waals surface area contributed by atoms with E-state index in [2.05, 4.69) is 0 Å². The first-order valence-electron chi connectivity index (χ1n) is 4.88. The molecule has 2 N–H and O–H groups in total. The summed E-state index contributed by atoms with van der Waals surface area (Å²) in [6, 6.07) is 4.65. The molecule has 0 saturated carbocycles. The van der Waals surface area contributed by atoms with E-state index in [4.69, 9.17) is 5.73 Å². The molecular formula is C10H15NO4S2. The van der Waals surface area contributed by atoms with Crippen LogP contribution in [0.5, 0.6) is 0 Å². The van der Waals surface area contributed by atoms with E-state index in [-0.39, 0.29) is 10.6 Å². The molecule has 0 spiro atoms. The van der Waals surface area contributed by atoms with Gasteiger partial charge in [0.25, 0.3) is 0 Å². The van der Waals surface area contributed by atoms with Gasteiger partial charge in [-0.15, -0.1) is 0 Å². The maximum Gasteiger partial charge on any atom is 0.181 e. The van der Waals surface area contributed by atoms with Gasteiger partial charge in [0.2, 0.25) is 0 Å². The topological polar surface area (TPSA) is 94.3 Å². The van der Waals surface area contributed by atoms with E-state index in [1.165, 1.54) is 12.1 Å². The Morgan fingerprint density at radius 2 is 1.71 bits per heavy atom. The standard InChI is InChI=1S/C10H15NO4S2/c1-8-3-4-9(11)10(7-8)17(14,15)6-5-16(2,12)13/h3-4,7H,5-6,11H2,1-2H3. The van der Waals surface area contributed by atoms with Crippen molar-refractivity contribution < 1.29 is 16.8 Å². The summed E-state index contributed by atoms with van der Waals surface area (Å²) in [6.45, 7) is 1.75. The van der Waals surface area contributed by atoms with Crippen molar-refractivity contribution in [2.24, 2.45) is 0 Å². The first-order valence-corrected chi connectivity index (χ1v) is 8.60. The molecule has 7 heteroatoms. The Bertz CT molecular complexity index is 618. The molecule has 0 atom stereocenters. The second-order valence-electron chi connectivity index (χ2n) is 3.99. The maximum absolute atomic E-state index is 11.9. The summed E-state index contributed by atoms with van der Waals surface area (Å²) in [5.74, 6) is -0.845. The van der Waals surface area contributed by atoms with Crippen LogP contribution in [0, 0.1) is 6.92 Å². The number of benzene rings is 1. The summed E-state index contributed by atoms with van der Waals surface area (Å²) >= 11 is 0. The molecule has 1 aromatic carbocycles. The first-order chi connectivity index (χ1) is 7.62. The summed E-state index contributed by atoms with van der Waals surface area (Å²) in [5.41, 5.74) is 6.49. The zero-order valence-corrected chi connectivity index (χ0v) is 11.3. The molecule has 0 saturated heterocycles. The lowest BCUT2D eigenvalue weighted by molar-refractivity contribution is 0.590. The van der Waals surface area contributed by atoms with E-state index in [0.717, 1.165) is 11.8 Å². The fourth-order valence-electron chi connectivity index (χ4n) is 1.28. The highest BCUT2D eigenvalue weighted by molar-refractivity contribution is 7.94. The van der Waals surface area contributed by atoms with Crippen LogP contribution in [0.2, 0.25) is 0 Å². The number of hydrogen-bond acceptors (Lipinski definition) is 5. The van der Waals surface area contributed by atoms with E-state index in [1.54, 1.807) is 13.0 Å². The highest BCUT2D eigenvalue weighted by atomic mass is 32.2. The molecule has 5 nitrogen and oxygen atoms in total. The third-order valence-electron chi connectivity index (χ3n) is 2.23. The van der Waals surface area contributed by atoms with Gasteiger partial charge in [-0.1, -0.05) is 6.07 Å². The fourth-order valence-corrected chi connectivity index (χ4v) is 4.38. The molecule has 1 rings (SSSR count). The number of hydrogen-bond donors (Lipinski definition) is 1. The van der Waals surface area contributed by atoms with Gasteiger partial charge in [0, 0.05) is 6.26 Å². The number of aryl methyl sites for hydroxylation is 1. The summed E-state index contributed by atoms with van der Waals surface area (Å²) in [7, 11) is -6.96. The van der Waals surface area contributed by atoms with Crippen molar-refractivity contribution in [3.63, 3.8) is 0 Å². The van der Waals surface area contributed by atoms with Crippen LogP contribution in [-0.2, 0) is 19.7 Å². The molecule has 0 amide bonds. The molecular weight excluding hydrogens is 262 g/mol. The smallest absolute Gasteiger partial charge is 0.181 e. The Kier molecular flexibility index (Phi) is 3.83. The highest BCUT2D eigenvalue weighted by Crippen LogP contribution is 2.21. The number of sulfone groups is 2. The van der Waals surface area contributed by atoms with Crippen LogP contribution < -0.4 is 5.73 Å². The van der Waals surface area contributed by atoms with Gasteiger partial charge < -0.3 is 5.73 Å². The molecule has 0 radical (unpaired) electrons. The Hall–Kier alpha value is -1.08. The van der Waals surface area contributed by atoms with Crippen molar-refractivity contribution >= 4 is 25.4 Å². The Labute approximate surface area is 101 Å². The van der Waals surface area contributed by atoms with Gasteiger partial charge in [-0.2, -0.15) is 0 Å². The number of nitrogen functional groups attached to an aromatic ring is 1. The molecule has 0 aromatic heterocycles. The summed E-state index contributed by atoms with van der Waals surface area (Å²) in [5, 5.41) is 0. The van der Waals surface area contributed by atoms with Gasteiger partial charge in [0.15, 0.2) is 9.84 Å². The lowest BCUT2D eigenvalue weighted by Crippen LogP contribution is -2.17. The van der Waals surface area contributed by atoms with Crippen LogP contribution in [0.3, 0.4) is 0 Å². The predicted octanol–water partition coefficient (Wildman–Crippen LogP) is 0.396. The van der Waals surface area contributed by atoms with Crippen molar-refractivity contribution in [1.29, 1.82) is 0 Å². The highest BCUT2D eigenvalue weighted by Gasteiger charge is 2.19. The summed E-state index contributed by atoms with van der Waals surface area (Å²) < 4.78 is 45.7. The van der Waals surface area contributed by atoms with Crippen LogP contribution in [-0.4, -0.2) is 34.6 Å². The van der Waals surface area contributed by atoms with Crippen LogP contribution in [0.25, 0.3) is 0 Å². The molecule has 0 bridgehead atoms. The molecule has 0 fully saturated rings. The van der Waals surface area contributed by atoms with Gasteiger partial charge in [-0.25, -0.2) is 16.8 Å². The lowest BCUT2D eigenvalue weighted by Gasteiger charge is -2.07. The van der Waals surface area contributed by atoms with Gasteiger partial charge in [0.1, 0.15) is 9.84 Å². The average molecular weight is 277 g/mol. The van der Waals surface area contributed by atoms with E-state index in [1.807, 2.05) is 0 Å². The van der Waals surface area contributed by atoms with Crippen LogP contribution >= 0.6 is 0 Å². The molecule has 0 aliphatic heterocycles. The van der Waals surface area contributed by atoms with Crippen LogP contribution in [0.1, 0.15) is 5.56 Å². The minimum absolute atomic E-state index is 0.00106. The van der Waals surface area contributed by atoms with Crippen molar-refractivity contribution in [2.75, 3.05) is 23.5 Å². The van der Waals surface area contributed by atoms with E-state index < -0.39 is 31.2 Å². The summed E-state index contributed by atoms with van der Waals surface area (Å²) in [4.78, 5) is 0.00106. The van der Waals surface area contributed by atoms with Crippen molar-refractivity contribution in [3.8, 4) is 0 Å². The quantitative estimate of drug-likeness (QED) is 0.804. The third-order valence-corrected chi connectivity index (χ3v) is 5.20. The second kappa shape index (κ2) is 4.66. The predicted molar refractivity (Wildman–Crippen MR) is 67.4 cm³/mol. The van der Waals surface area contributed by atoms with E-state index >= 15 is 0 Å². The Morgan fingerprint density at radius 3 is 2.24 bits per heavy atom. The average Bonchev–Trinajstić information content (AvgIpc) is 2.18. The van der Waals surface area contributed by atoms with Crippen molar-refractivity contribution in [1.82, 2.24) is 0 Å². The SMILES string of the molecule is Cc1ccc(N)c(S(=O)(=O)CCS(C)(=O)=O)c1. The largest absolute Gasteiger partial charge is 0.398 e. The third kappa shape index (κ3) is 4.01. The minimum Gasteiger partial charge on any atom is -0.398 e. The molecule has 17 heavy (non-hydrogen) atoms. The number of anilines is 1. The van der Waals surface area contributed by atoms with Crippen LogP contribution in [0.4, 0.5) is 5.69 Å². The molecule has 1 aromatic rings. The monoisotopic (exact) mass is 277 g/mol. The van der Waals surface area contributed by atoms with Gasteiger partial charge in [-0.3, -0.25) is 0 Å². The van der Waals surface area contributed by atoms with E-state index in [9.17, 15) is 16.8 Å². The zero-order chi connectivity index (χ0) is 13.3. The fraction of sp³-hybridized carbons (Fsp3) is 0.400. The van der Waals surface area contributed by atoms with E-state index in [0.29, 0.717) is 0 Å². The van der Waals surface area contributed by atoms with Crippen LogP contribution in [0.15, 0.2) is 23.1 Å². The number of nitrogens with two attached hydrogens (primary N) is 1. The Balaban J connectivity index is 3.10. The minimum atomic E-state index is -3.65. The normalized spacial score (nSPS) is 12.6. The summed E-state index contributed by atoms with van der Waals surface area (Å²) in [6.07, 6.45) is 1.00. The molecule has 0 aliphatic carbocycles. The first kappa shape index (κ1) is 14.0. The number of rotatable bonds is 4. The Morgan fingerprint density at radius 1 is 1.12 bits per heavy atom. The van der Waals surface area contributed by atoms with Crippen molar-refractivity contribution in [3.05, 3.63) is 23.8 Å². The van der Waals surface area contributed by atoms with Gasteiger partial charge in [-0.05, 0) is 24.6 Å². The molecule has 96 valence electrons. The van der Waals surface area contributed by atoms with Gasteiger partial charge in [0.05, 0.1) is 22.1 Å². The second-order valence-corrected chi connectivity index (χ2v) is 8.33. The van der Waals surface area contributed by atoms with Gasteiger partial charge >= 0.3 is 0 Å². The maximum atomic E-state index is 11.9. The van der Waals surface area contributed by atoms with Crippen molar-refractivity contribution in [2.45, 2.75) is 11.8 Å². The lowest BCUT2D eigenvalue weighted by atomic mass is 10.2. The zero-order valence-electron chi connectivity index (χ0n) is 9.67.